The second-order valence-electron chi connectivity index (χ2n) is 5.04. The highest BCUT2D eigenvalue weighted by Crippen LogP contribution is 2.38. The number of hydrogen-bond donors (Lipinski definition) is 1. The van der Waals surface area contributed by atoms with Crippen LogP contribution in [-0.4, -0.2) is 5.11 Å². The smallest absolute Gasteiger partial charge is 0.141 e. The third kappa shape index (κ3) is 2.47. The van der Waals surface area contributed by atoms with E-state index in [9.17, 15) is 10.3 Å². The van der Waals surface area contributed by atoms with Crippen molar-refractivity contribution >= 4 is 23.0 Å². The molecule has 2 aromatic carbocycles. The second-order valence-corrected chi connectivity index (χ2v) is 5.47. The fourth-order valence-corrected chi connectivity index (χ4v) is 2.45. The van der Waals surface area contributed by atoms with E-state index in [0.717, 1.165) is 27.3 Å². The molecule has 0 fully saturated rings. The minimum absolute atomic E-state index is 0.0811. The zero-order chi connectivity index (χ0) is 15.0. The molecule has 2 aromatic rings. The summed E-state index contributed by atoms with van der Waals surface area (Å²) in [6.07, 6.45) is 0. The molecule has 20 heavy (non-hydrogen) atoms. The van der Waals surface area contributed by atoms with Gasteiger partial charge in [0.05, 0.1) is 5.69 Å². The molecule has 105 valence electrons. The highest BCUT2D eigenvalue weighted by molar-refractivity contribution is 6.31. The fraction of sp³-hybridized carbons (Fsp3) is 0.250. The first-order valence-electron chi connectivity index (χ1n) is 6.36. The Bertz CT molecular complexity index is 642. The van der Waals surface area contributed by atoms with Gasteiger partial charge in [0.1, 0.15) is 11.4 Å². The molecule has 0 spiro atoms. The molecule has 0 amide bonds. The van der Waals surface area contributed by atoms with Crippen molar-refractivity contribution in [1.29, 1.82) is 0 Å². The summed E-state index contributed by atoms with van der Waals surface area (Å²) < 4.78 is 0. The van der Waals surface area contributed by atoms with Crippen LogP contribution in [0.3, 0.4) is 0 Å². The molecule has 0 aliphatic carbocycles. The van der Waals surface area contributed by atoms with Crippen LogP contribution in [0.1, 0.15) is 22.3 Å². The van der Waals surface area contributed by atoms with Gasteiger partial charge in [0, 0.05) is 5.02 Å². The van der Waals surface area contributed by atoms with Gasteiger partial charge in [0.2, 0.25) is 0 Å². The Labute approximate surface area is 124 Å². The number of benzene rings is 2. The topological polar surface area (TPSA) is 43.4 Å². The van der Waals surface area contributed by atoms with E-state index in [2.05, 4.69) is 6.07 Å². The van der Waals surface area contributed by atoms with E-state index in [1.165, 1.54) is 12.1 Å². The third-order valence-electron chi connectivity index (χ3n) is 3.69. The summed E-state index contributed by atoms with van der Waals surface area (Å²) in [6, 6.07) is 6.51. The molecule has 0 aliphatic heterocycles. The van der Waals surface area contributed by atoms with E-state index in [1.54, 1.807) is 6.07 Å². The molecule has 1 N–H and O–H groups in total. The number of phenolic OH excluding ortho intramolecular Hbond substituents is 1. The van der Waals surface area contributed by atoms with Crippen LogP contribution in [0.15, 0.2) is 24.3 Å². The van der Waals surface area contributed by atoms with E-state index in [4.69, 9.17) is 11.6 Å². The summed E-state index contributed by atoms with van der Waals surface area (Å²) >= 11 is 5.91. The van der Waals surface area contributed by atoms with Gasteiger partial charge in [0.15, 0.2) is 0 Å². The largest absolute Gasteiger partial charge is 0.506 e. The molecule has 0 saturated heterocycles. The molecule has 3 nitrogen and oxygen atoms in total. The van der Waals surface area contributed by atoms with Gasteiger partial charge in [-0.2, -0.15) is 5.06 Å². The van der Waals surface area contributed by atoms with Gasteiger partial charge >= 0.3 is 0 Å². The first-order valence-corrected chi connectivity index (χ1v) is 6.74. The highest BCUT2D eigenvalue weighted by atomic mass is 35.5. The van der Waals surface area contributed by atoms with Crippen molar-refractivity contribution in [2.75, 3.05) is 5.06 Å². The first kappa shape index (κ1) is 14.7. The average Bonchev–Trinajstić information content (AvgIpc) is 2.39. The van der Waals surface area contributed by atoms with Gasteiger partial charge in [-0.15, -0.1) is 0 Å². The molecular formula is C16H17ClNO2. The lowest BCUT2D eigenvalue weighted by Crippen LogP contribution is -2.13. The van der Waals surface area contributed by atoms with Gasteiger partial charge < -0.3 is 5.11 Å². The average molecular weight is 291 g/mol. The van der Waals surface area contributed by atoms with E-state index in [-0.39, 0.29) is 11.4 Å². The summed E-state index contributed by atoms with van der Waals surface area (Å²) in [5.41, 5.74) is 4.63. The van der Waals surface area contributed by atoms with Crippen molar-refractivity contribution in [1.82, 2.24) is 0 Å². The highest BCUT2D eigenvalue weighted by Gasteiger charge is 2.19. The number of phenols is 1. The maximum Gasteiger partial charge on any atom is 0.141 e. The third-order valence-corrected chi connectivity index (χ3v) is 3.92. The van der Waals surface area contributed by atoms with Gasteiger partial charge in [-0.3, -0.25) is 0 Å². The molecule has 0 aliphatic rings. The van der Waals surface area contributed by atoms with Crippen LogP contribution in [-0.2, 0) is 5.21 Å². The number of anilines is 2. The van der Waals surface area contributed by atoms with Crippen molar-refractivity contribution in [2.45, 2.75) is 27.7 Å². The quantitative estimate of drug-likeness (QED) is 0.810. The van der Waals surface area contributed by atoms with Crippen LogP contribution in [0, 0.1) is 27.7 Å². The Morgan fingerprint density at radius 3 is 2.10 bits per heavy atom. The summed E-state index contributed by atoms with van der Waals surface area (Å²) in [5, 5.41) is 23.7. The lowest BCUT2D eigenvalue weighted by Gasteiger charge is -2.22. The predicted molar refractivity (Wildman–Crippen MR) is 81.3 cm³/mol. The van der Waals surface area contributed by atoms with Crippen molar-refractivity contribution in [3.05, 3.63) is 51.5 Å². The number of aryl methyl sites for hydroxylation is 2. The Kier molecular flexibility index (Phi) is 3.93. The Morgan fingerprint density at radius 2 is 1.55 bits per heavy atom. The first-order chi connectivity index (χ1) is 9.32. The van der Waals surface area contributed by atoms with Gasteiger partial charge in [-0.05, 0) is 68.1 Å². The fourth-order valence-electron chi connectivity index (χ4n) is 2.28. The molecule has 4 heteroatoms. The number of rotatable bonds is 2. The zero-order valence-electron chi connectivity index (χ0n) is 12.0. The molecule has 0 bridgehead atoms. The van der Waals surface area contributed by atoms with Crippen LogP contribution >= 0.6 is 11.6 Å². The summed E-state index contributed by atoms with van der Waals surface area (Å²) in [6.45, 7) is 7.75. The normalized spacial score (nSPS) is 10.7. The molecule has 0 unspecified atom stereocenters. The lowest BCUT2D eigenvalue weighted by molar-refractivity contribution is 0.193. The number of nitrogens with zero attached hydrogens (tertiary/aromatic N) is 1. The van der Waals surface area contributed by atoms with E-state index in [0.29, 0.717) is 10.7 Å². The van der Waals surface area contributed by atoms with Gasteiger partial charge in [0.25, 0.3) is 0 Å². The zero-order valence-corrected chi connectivity index (χ0v) is 12.7. The minimum Gasteiger partial charge on any atom is -0.506 e. The summed E-state index contributed by atoms with van der Waals surface area (Å²) in [7, 11) is 0. The van der Waals surface area contributed by atoms with Crippen molar-refractivity contribution in [2.24, 2.45) is 0 Å². The van der Waals surface area contributed by atoms with Crippen LogP contribution in [0.5, 0.6) is 5.75 Å². The van der Waals surface area contributed by atoms with E-state index < -0.39 is 0 Å². The van der Waals surface area contributed by atoms with Gasteiger partial charge in [-0.1, -0.05) is 22.9 Å². The van der Waals surface area contributed by atoms with Gasteiger partial charge in [-0.25, -0.2) is 0 Å². The van der Waals surface area contributed by atoms with E-state index >= 15 is 0 Å². The maximum atomic E-state index is 12.7. The van der Waals surface area contributed by atoms with Crippen molar-refractivity contribution in [3.8, 4) is 5.75 Å². The number of aromatic hydroxyl groups is 1. The van der Waals surface area contributed by atoms with Crippen molar-refractivity contribution in [3.63, 3.8) is 0 Å². The molecule has 0 atom stereocenters. The number of halogens is 1. The van der Waals surface area contributed by atoms with E-state index in [1.807, 2.05) is 27.7 Å². The SMILES string of the molecule is Cc1cc(C)c(C)c(N([O])c2cc(Cl)ccc2O)c1C. The molecule has 0 saturated carbocycles. The Balaban J connectivity index is 2.65. The Hall–Kier alpha value is -1.71. The standard InChI is InChI=1S/C16H17ClNO2/c1-9-7-10(2)12(4)16(11(9)3)18(20)14-8-13(17)5-6-15(14)19/h5-8,19H,1-4H3. The molecule has 0 heterocycles. The maximum absolute atomic E-state index is 12.7. The number of hydrogen-bond acceptors (Lipinski definition) is 2. The van der Waals surface area contributed by atoms with Crippen LogP contribution in [0.4, 0.5) is 11.4 Å². The molecule has 0 aromatic heterocycles. The lowest BCUT2D eigenvalue weighted by atomic mass is 9.98. The second kappa shape index (κ2) is 5.35. The van der Waals surface area contributed by atoms with Crippen LogP contribution < -0.4 is 5.06 Å². The predicted octanol–water partition coefficient (Wildman–Crippen LogP) is 4.76. The molecule has 1 radical (unpaired) electrons. The summed E-state index contributed by atoms with van der Waals surface area (Å²) in [4.78, 5) is 0. The van der Waals surface area contributed by atoms with Crippen molar-refractivity contribution < 1.29 is 10.3 Å². The van der Waals surface area contributed by atoms with Crippen LogP contribution in [0.2, 0.25) is 5.02 Å². The van der Waals surface area contributed by atoms with Crippen LogP contribution in [0.25, 0.3) is 0 Å². The monoisotopic (exact) mass is 290 g/mol. The molecular weight excluding hydrogens is 274 g/mol. The summed E-state index contributed by atoms with van der Waals surface area (Å²) in [5.74, 6) is -0.0811. The molecule has 2 rings (SSSR count). The Morgan fingerprint density at radius 1 is 1.00 bits per heavy atom. The minimum atomic E-state index is -0.0811.